The second kappa shape index (κ2) is 7.31. The van der Waals surface area contributed by atoms with E-state index in [0.717, 1.165) is 16.0 Å². The van der Waals surface area contributed by atoms with Gasteiger partial charge in [-0.1, -0.05) is 53.5 Å². The first kappa shape index (κ1) is 18.0. The van der Waals surface area contributed by atoms with Crippen LogP contribution in [0.4, 0.5) is 0 Å². The smallest absolute Gasteiger partial charge is 0.231 e. The quantitative estimate of drug-likeness (QED) is 0.454. The number of hydrogen-bond donors (Lipinski definition) is 1. The van der Waals surface area contributed by atoms with Gasteiger partial charge in [0.05, 0.1) is 16.3 Å². The normalized spacial score (nSPS) is 12.2. The molecular weight excluding hydrogens is 399 g/mol. The van der Waals surface area contributed by atoms with Gasteiger partial charge in [0.2, 0.25) is 5.91 Å². The molecule has 0 aliphatic carbocycles. The lowest BCUT2D eigenvalue weighted by Gasteiger charge is -2.17. The van der Waals surface area contributed by atoms with Crippen molar-refractivity contribution in [3.63, 3.8) is 0 Å². The van der Waals surface area contributed by atoms with E-state index in [1.807, 2.05) is 24.3 Å². The predicted molar refractivity (Wildman–Crippen MR) is 113 cm³/mol. The van der Waals surface area contributed by atoms with Crippen LogP contribution >= 0.6 is 34.5 Å². The van der Waals surface area contributed by atoms with Gasteiger partial charge in [0.1, 0.15) is 5.92 Å². The molecule has 2 heterocycles. The van der Waals surface area contributed by atoms with E-state index in [4.69, 9.17) is 33.9 Å². The fourth-order valence-corrected chi connectivity index (χ4v) is 4.73. The third kappa shape index (κ3) is 3.44. The van der Waals surface area contributed by atoms with Gasteiger partial charge in [-0.3, -0.25) is 9.78 Å². The van der Waals surface area contributed by atoms with Crippen LogP contribution < -0.4 is 5.73 Å². The summed E-state index contributed by atoms with van der Waals surface area (Å²) in [5.41, 5.74) is 7.48. The lowest BCUT2D eigenvalue weighted by atomic mass is 9.94. The summed E-state index contributed by atoms with van der Waals surface area (Å²) in [6.45, 7) is 0. The molecular formula is C21H14Cl2N2OS. The van der Waals surface area contributed by atoms with Gasteiger partial charge in [0.25, 0.3) is 0 Å². The monoisotopic (exact) mass is 412 g/mol. The maximum absolute atomic E-state index is 12.3. The Bertz CT molecular complexity index is 1100. The summed E-state index contributed by atoms with van der Waals surface area (Å²) in [4.78, 5) is 18.0. The molecule has 134 valence electrons. The summed E-state index contributed by atoms with van der Waals surface area (Å²) < 4.78 is 1.18. The largest absolute Gasteiger partial charge is 0.369 e. The van der Waals surface area contributed by atoms with E-state index in [1.54, 1.807) is 35.6 Å². The highest BCUT2D eigenvalue weighted by Gasteiger charge is 2.27. The van der Waals surface area contributed by atoms with Gasteiger partial charge in [0, 0.05) is 20.3 Å². The molecule has 0 fully saturated rings. The number of thiophene rings is 1. The third-order valence-electron chi connectivity index (χ3n) is 4.32. The summed E-state index contributed by atoms with van der Waals surface area (Å²) >= 11 is 14.3. The second-order valence-electron chi connectivity index (χ2n) is 6.07. The number of benzene rings is 2. The number of carbonyl (C=O) groups is 1. The van der Waals surface area contributed by atoms with Crippen molar-refractivity contribution in [3.05, 3.63) is 88.0 Å². The fraction of sp³-hybridized carbons (Fsp3) is 0.0476. The van der Waals surface area contributed by atoms with Crippen molar-refractivity contribution in [3.8, 4) is 10.6 Å². The molecule has 0 aliphatic heterocycles. The van der Waals surface area contributed by atoms with Crippen molar-refractivity contribution >= 4 is 50.5 Å². The Morgan fingerprint density at radius 1 is 0.963 bits per heavy atom. The standard InChI is InChI=1S/C21H14Cl2N2OS/c22-13-6-3-7-14(23)19(13)20(21(24)26)16-9-4-8-15(25-16)18-11-12-5-1-2-10-17(12)27-18/h1-11,20H,(H2,24,26). The zero-order valence-electron chi connectivity index (χ0n) is 14.0. The molecule has 27 heavy (non-hydrogen) atoms. The molecule has 0 radical (unpaired) electrons. The lowest BCUT2D eigenvalue weighted by molar-refractivity contribution is -0.118. The van der Waals surface area contributed by atoms with Crippen LogP contribution in [0.15, 0.2) is 66.7 Å². The van der Waals surface area contributed by atoms with E-state index in [2.05, 4.69) is 18.2 Å². The zero-order chi connectivity index (χ0) is 19.0. The number of primary amides is 1. The Labute approximate surface area is 170 Å². The average molecular weight is 413 g/mol. The summed E-state index contributed by atoms with van der Waals surface area (Å²) in [6, 6.07) is 20.9. The van der Waals surface area contributed by atoms with Gasteiger partial charge in [-0.2, -0.15) is 0 Å². The van der Waals surface area contributed by atoms with Gasteiger partial charge < -0.3 is 5.73 Å². The van der Waals surface area contributed by atoms with Gasteiger partial charge in [-0.25, -0.2) is 0 Å². The second-order valence-corrected chi connectivity index (χ2v) is 7.97. The van der Waals surface area contributed by atoms with Crippen molar-refractivity contribution in [2.75, 3.05) is 0 Å². The van der Waals surface area contributed by atoms with Crippen molar-refractivity contribution in [2.45, 2.75) is 5.92 Å². The summed E-state index contributed by atoms with van der Waals surface area (Å²) in [6.07, 6.45) is 0. The maximum atomic E-state index is 12.3. The number of rotatable bonds is 4. The van der Waals surface area contributed by atoms with E-state index in [9.17, 15) is 4.79 Å². The first-order valence-corrected chi connectivity index (χ1v) is 9.81. The number of fused-ring (bicyclic) bond motifs is 1. The molecule has 0 spiro atoms. The van der Waals surface area contributed by atoms with Gasteiger partial charge in [0.15, 0.2) is 0 Å². The number of halogens is 2. The Balaban J connectivity index is 1.83. The maximum Gasteiger partial charge on any atom is 0.231 e. The third-order valence-corrected chi connectivity index (χ3v) is 6.12. The summed E-state index contributed by atoms with van der Waals surface area (Å²) in [5.74, 6) is -1.37. The highest BCUT2D eigenvalue weighted by molar-refractivity contribution is 7.22. The van der Waals surface area contributed by atoms with Crippen molar-refractivity contribution in [2.24, 2.45) is 5.73 Å². The zero-order valence-corrected chi connectivity index (χ0v) is 16.4. The van der Waals surface area contributed by atoms with Crippen LogP contribution in [0, 0.1) is 0 Å². The van der Waals surface area contributed by atoms with E-state index in [0.29, 0.717) is 21.3 Å². The molecule has 1 amide bonds. The number of pyridine rings is 1. The first-order valence-electron chi connectivity index (χ1n) is 8.23. The molecule has 2 N–H and O–H groups in total. The molecule has 0 aliphatic rings. The Kier molecular flexibility index (Phi) is 4.87. The molecule has 0 saturated heterocycles. The molecule has 1 unspecified atom stereocenters. The van der Waals surface area contributed by atoms with E-state index in [1.165, 1.54) is 4.70 Å². The van der Waals surface area contributed by atoms with Crippen LogP contribution in [0.5, 0.6) is 0 Å². The van der Waals surface area contributed by atoms with Gasteiger partial charge in [-0.15, -0.1) is 11.3 Å². The van der Waals surface area contributed by atoms with Crippen LogP contribution in [0.1, 0.15) is 17.2 Å². The molecule has 0 saturated carbocycles. The summed E-state index contributed by atoms with van der Waals surface area (Å²) in [7, 11) is 0. The number of nitrogens with two attached hydrogens (primary N) is 1. The Morgan fingerprint density at radius 2 is 1.67 bits per heavy atom. The van der Waals surface area contributed by atoms with Crippen molar-refractivity contribution in [1.29, 1.82) is 0 Å². The Hall–Kier alpha value is -2.40. The fourth-order valence-electron chi connectivity index (χ4n) is 3.08. The minimum Gasteiger partial charge on any atom is -0.369 e. The van der Waals surface area contributed by atoms with Crippen LogP contribution in [-0.2, 0) is 4.79 Å². The first-order chi connectivity index (χ1) is 13.0. The van der Waals surface area contributed by atoms with Crippen molar-refractivity contribution < 1.29 is 4.79 Å². The van der Waals surface area contributed by atoms with E-state index < -0.39 is 11.8 Å². The number of amides is 1. The van der Waals surface area contributed by atoms with Crippen LogP contribution in [0.2, 0.25) is 10.0 Å². The highest BCUT2D eigenvalue weighted by Crippen LogP contribution is 2.37. The minimum atomic E-state index is -0.819. The van der Waals surface area contributed by atoms with Gasteiger partial charge >= 0.3 is 0 Å². The molecule has 2 aromatic carbocycles. The minimum absolute atomic E-state index is 0.389. The van der Waals surface area contributed by atoms with Crippen LogP contribution in [0.3, 0.4) is 0 Å². The topological polar surface area (TPSA) is 56.0 Å². The predicted octanol–water partition coefficient (Wildman–Crippen LogP) is 5.89. The molecule has 6 heteroatoms. The molecule has 2 aromatic heterocycles. The average Bonchev–Trinajstić information content (AvgIpc) is 3.09. The molecule has 3 nitrogen and oxygen atoms in total. The molecule has 4 rings (SSSR count). The van der Waals surface area contributed by atoms with Crippen LogP contribution in [-0.4, -0.2) is 10.9 Å². The lowest BCUT2D eigenvalue weighted by Crippen LogP contribution is -2.24. The number of hydrogen-bond acceptors (Lipinski definition) is 3. The van der Waals surface area contributed by atoms with Gasteiger partial charge in [-0.05, 0) is 41.8 Å². The van der Waals surface area contributed by atoms with Crippen molar-refractivity contribution in [1.82, 2.24) is 4.98 Å². The molecule has 4 aromatic rings. The van der Waals surface area contributed by atoms with Crippen LogP contribution in [0.25, 0.3) is 20.7 Å². The molecule has 1 atom stereocenters. The number of nitrogens with zero attached hydrogens (tertiary/aromatic N) is 1. The summed E-state index contributed by atoms with van der Waals surface area (Å²) in [5, 5.41) is 1.94. The molecule has 0 bridgehead atoms. The number of aromatic nitrogens is 1. The Morgan fingerprint density at radius 3 is 2.37 bits per heavy atom. The highest BCUT2D eigenvalue weighted by atomic mass is 35.5. The number of carbonyl (C=O) groups excluding carboxylic acids is 1. The van der Waals surface area contributed by atoms with E-state index >= 15 is 0 Å². The SMILES string of the molecule is NC(=O)C(c1cccc(-c2cc3ccccc3s2)n1)c1c(Cl)cccc1Cl. The van der Waals surface area contributed by atoms with E-state index in [-0.39, 0.29) is 0 Å².